The molecular formula is C7H11ClO4. The maximum Gasteiger partial charge on any atom is 0.321 e. The number of hydrogen-bond donors (Lipinski definition) is 2. The SMILES string of the molecule is CCC(CCCl)(C(=O)O)C(=O)O. The molecule has 2 N–H and O–H groups in total. The van der Waals surface area contributed by atoms with Crippen molar-refractivity contribution >= 4 is 23.5 Å². The molecule has 0 aromatic carbocycles. The minimum atomic E-state index is -1.71. The third-order valence-electron chi connectivity index (χ3n) is 1.94. The molecule has 0 aliphatic heterocycles. The Morgan fingerprint density at radius 2 is 1.75 bits per heavy atom. The Kier molecular flexibility index (Phi) is 4.03. The van der Waals surface area contributed by atoms with Gasteiger partial charge in [-0.25, -0.2) is 0 Å². The molecule has 5 heteroatoms. The smallest absolute Gasteiger partial charge is 0.321 e. The van der Waals surface area contributed by atoms with Gasteiger partial charge in [0.2, 0.25) is 0 Å². The van der Waals surface area contributed by atoms with Crippen LogP contribution in [0.3, 0.4) is 0 Å². The molecule has 0 fully saturated rings. The van der Waals surface area contributed by atoms with Crippen LogP contribution in [0.5, 0.6) is 0 Å². The summed E-state index contributed by atoms with van der Waals surface area (Å²) in [6.07, 6.45) is 0.000108. The van der Waals surface area contributed by atoms with Crippen molar-refractivity contribution in [1.29, 1.82) is 0 Å². The molecule has 0 saturated heterocycles. The molecule has 0 bridgehead atoms. The number of hydrogen-bond acceptors (Lipinski definition) is 2. The van der Waals surface area contributed by atoms with Gasteiger partial charge in [0.05, 0.1) is 0 Å². The van der Waals surface area contributed by atoms with E-state index in [4.69, 9.17) is 21.8 Å². The zero-order chi connectivity index (χ0) is 9.78. The van der Waals surface area contributed by atoms with Gasteiger partial charge in [0, 0.05) is 5.88 Å². The minimum absolute atomic E-state index is 0.0342. The summed E-state index contributed by atoms with van der Waals surface area (Å²) < 4.78 is 0. The van der Waals surface area contributed by atoms with Gasteiger partial charge >= 0.3 is 11.9 Å². The van der Waals surface area contributed by atoms with Gasteiger partial charge in [0.1, 0.15) is 0 Å². The van der Waals surface area contributed by atoms with Gasteiger partial charge in [-0.1, -0.05) is 6.92 Å². The van der Waals surface area contributed by atoms with Crippen molar-refractivity contribution in [3.63, 3.8) is 0 Å². The maximum atomic E-state index is 10.6. The van der Waals surface area contributed by atoms with Crippen LogP contribution in [0.2, 0.25) is 0 Å². The summed E-state index contributed by atoms with van der Waals surface area (Å²) in [7, 11) is 0. The van der Waals surface area contributed by atoms with E-state index < -0.39 is 17.4 Å². The van der Waals surface area contributed by atoms with Crippen molar-refractivity contribution in [3.05, 3.63) is 0 Å². The zero-order valence-electron chi connectivity index (χ0n) is 6.71. The molecule has 0 atom stereocenters. The fourth-order valence-electron chi connectivity index (χ4n) is 0.946. The number of rotatable bonds is 5. The quantitative estimate of drug-likeness (QED) is 0.509. The predicted octanol–water partition coefficient (Wildman–Crippen LogP) is 1.18. The van der Waals surface area contributed by atoms with Gasteiger partial charge in [0.15, 0.2) is 5.41 Å². The van der Waals surface area contributed by atoms with E-state index >= 15 is 0 Å². The van der Waals surface area contributed by atoms with Crippen LogP contribution in [0.1, 0.15) is 19.8 Å². The average Bonchev–Trinajstić information content (AvgIpc) is 1.98. The Morgan fingerprint density at radius 1 is 1.33 bits per heavy atom. The summed E-state index contributed by atoms with van der Waals surface area (Å²) in [4.78, 5) is 21.3. The third-order valence-corrected chi connectivity index (χ3v) is 2.13. The number of carboxylic acids is 2. The highest BCUT2D eigenvalue weighted by atomic mass is 35.5. The second kappa shape index (κ2) is 4.30. The van der Waals surface area contributed by atoms with E-state index in [1.807, 2.05) is 0 Å². The lowest BCUT2D eigenvalue weighted by molar-refractivity contribution is -0.165. The zero-order valence-corrected chi connectivity index (χ0v) is 7.47. The molecule has 0 unspecified atom stereocenters. The lowest BCUT2D eigenvalue weighted by atomic mass is 9.82. The molecule has 4 nitrogen and oxygen atoms in total. The van der Waals surface area contributed by atoms with Gasteiger partial charge in [-0.05, 0) is 12.8 Å². The van der Waals surface area contributed by atoms with Crippen LogP contribution in [0.4, 0.5) is 0 Å². The van der Waals surface area contributed by atoms with Crippen molar-refractivity contribution in [3.8, 4) is 0 Å². The Bertz CT molecular complexity index is 176. The Morgan fingerprint density at radius 3 is 1.83 bits per heavy atom. The molecule has 0 radical (unpaired) electrons. The van der Waals surface area contributed by atoms with Crippen molar-refractivity contribution in [2.24, 2.45) is 5.41 Å². The van der Waals surface area contributed by atoms with Gasteiger partial charge < -0.3 is 10.2 Å². The number of aliphatic carboxylic acids is 2. The van der Waals surface area contributed by atoms with E-state index in [2.05, 4.69) is 0 Å². The number of alkyl halides is 1. The van der Waals surface area contributed by atoms with Crippen molar-refractivity contribution < 1.29 is 19.8 Å². The molecule has 0 heterocycles. The molecule has 0 saturated carbocycles. The van der Waals surface area contributed by atoms with Gasteiger partial charge in [0.25, 0.3) is 0 Å². The normalized spacial score (nSPS) is 11.2. The largest absolute Gasteiger partial charge is 0.480 e. The van der Waals surface area contributed by atoms with Crippen LogP contribution in [0.15, 0.2) is 0 Å². The fraction of sp³-hybridized carbons (Fsp3) is 0.714. The van der Waals surface area contributed by atoms with E-state index in [0.29, 0.717) is 0 Å². The van der Waals surface area contributed by atoms with Crippen LogP contribution in [0.25, 0.3) is 0 Å². The van der Waals surface area contributed by atoms with Crippen molar-refractivity contribution in [2.75, 3.05) is 5.88 Å². The first-order valence-corrected chi connectivity index (χ1v) is 4.07. The standard InChI is InChI=1S/C7H11ClO4/c1-2-7(3-4-8,5(9)10)6(11)12/h2-4H2,1H3,(H,9,10)(H,11,12). The first kappa shape index (κ1) is 11.2. The van der Waals surface area contributed by atoms with Crippen LogP contribution in [-0.4, -0.2) is 28.0 Å². The Balaban J connectivity index is 4.76. The molecule has 0 aliphatic carbocycles. The number of halogens is 1. The monoisotopic (exact) mass is 194 g/mol. The summed E-state index contributed by atoms with van der Waals surface area (Å²) in [5.41, 5.74) is -1.71. The van der Waals surface area contributed by atoms with E-state index in [-0.39, 0.29) is 18.7 Å². The third kappa shape index (κ3) is 1.88. The highest BCUT2D eigenvalue weighted by molar-refractivity contribution is 6.18. The van der Waals surface area contributed by atoms with E-state index in [1.165, 1.54) is 6.92 Å². The predicted molar refractivity (Wildman–Crippen MR) is 43.3 cm³/mol. The lowest BCUT2D eigenvalue weighted by Crippen LogP contribution is -2.39. The minimum Gasteiger partial charge on any atom is -0.480 e. The molecule has 0 aromatic heterocycles. The Hall–Kier alpha value is -0.770. The summed E-state index contributed by atoms with van der Waals surface area (Å²) in [5.74, 6) is -2.61. The molecule has 0 spiro atoms. The summed E-state index contributed by atoms with van der Waals surface area (Å²) in [6, 6.07) is 0. The first-order valence-electron chi connectivity index (χ1n) is 3.54. The van der Waals surface area contributed by atoms with E-state index in [9.17, 15) is 9.59 Å². The van der Waals surface area contributed by atoms with Crippen LogP contribution >= 0.6 is 11.6 Å². The van der Waals surface area contributed by atoms with Crippen LogP contribution < -0.4 is 0 Å². The van der Waals surface area contributed by atoms with Crippen LogP contribution in [0, 0.1) is 5.41 Å². The maximum absolute atomic E-state index is 10.6. The van der Waals surface area contributed by atoms with Gasteiger partial charge in [-0.3, -0.25) is 9.59 Å². The fourth-order valence-corrected chi connectivity index (χ4v) is 1.27. The van der Waals surface area contributed by atoms with Crippen LogP contribution in [-0.2, 0) is 9.59 Å². The lowest BCUT2D eigenvalue weighted by Gasteiger charge is -2.21. The molecule has 0 rings (SSSR count). The number of carboxylic acid groups (broad SMARTS) is 2. The highest BCUT2D eigenvalue weighted by Gasteiger charge is 2.44. The molecule has 0 aromatic rings. The molecule has 70 valence electrons. The number of carbonyl (C=O) groups is 2. The van der Waals surface area contributed by atoms with Crippen molar-refractivity contribution in [2.45, 2.75) is 19.8 Å². The summed E-state index contributed by atoms with van der Waals surface area (Å²) in [5, 5.41) is 17.4. The molecular weight excluding hydrogens is 184 g/mol. The Labute approximate surface area is 75.1 Å². The summed E-state index contributed by atoms with van der Waals surface area (Å²) >= 11 is 5.33. The molecule has 0 aliphatic rings. The van der Waals surface area contributed by atoms with E-state index in [0.717, 1.165) is 0 Å². The van der Waals surface area contributed by atoms with Gasteiger partial charge in [-0.15, -0.1) is 11.6 Å². The van der Waals surface area contributed by atoms with Crippen molar-refractivity contribution in [1.82, 2.24) is 0 Å². The van der Waals surface area contributed by atoms with E-state index in [1.54, 1.807) is 0 Å². The average molecular weight is 195 g/mol. The second-order valence-corrected chi connectivity index (χ2v) is 2.86. The summed E-state index contributed by atoms with van der Waals surface area (Å²) in [6.45, 7) is 1.52. The topological polar surface area (TPSA) is 74.6 Å². The molecule has 0 amide bonds. The highest BCUT2D eigenvalue weighted by Crippen LogP contribution is 2.27. The second-order valence-electron chi connectivity index (χ2n) is 2.48. The first-order chi connectivity index (χ1) is 5.51. The van der Waals surface area contributed by atoms with Gasteiger partial charge in [-0.2, -0.15) is 0 Å². The molecule has 12 heavy (non-hydrogen) atoms.